The highest BCUT2D eigenvalue weighted by Crippen LogP contribution is 2.46. The zero-order chi connectivity index (χ0) is 29.0. The van der Waals surface area contributed by atoms with Crippen molar-refractivity contribution in [3.8, 4) is 5.75 Å². The van der Waals surface area contributed by atoms with E-state index in [1.54, 1.807) is 42.7 Å². The summed E-state index contributed by atoms with van der Waals surface area (Å²) in [5.41, 5.74) is 0.747. The fourth-order valence-electron chi connectivity index (χ4n) is 4.20. The topological polar surface area (TPSA) is 192 Å². The number of aliphatic hydroxyl groups is 2. The molecule has 4 heterocycles. The van der Waals surface area contributed by atoms with Gasteiger partial charge in [-0.3, -0.25) is 13.9 Å². The molecular formula is C25H29N6O9P. The molecule has 1 unspecified atom stereocenters. The van der Waals surface area contributed by atoms with E-state index in [0.717, 1.165) is 0 Å². The molecule has 218 valence electrons. The highest BCUT2D eigenvalue weighted by molar-refractivity contribution is 7.52. The number of fused-ring (bicyclic) bond motifs is 1. The van der Waals surface area contributed by atoms with Crippen LogP contribution in [0.4, 0.5) is 5.82 Å². The van der Waals surface area contributed by atoms with Crippen molar-refractivity contribution in [2.24, 2.45) is 0 Å². The third-order valence-electron chi connectivity index (χ3n) is 6.26. The molecule has 15 nitrogen and oxygen atoms in total. The molecule has 6 atom stereocenters. The molecule has 1 saturated heterocycles. The lowest BCUT2D eigenvalue weighted by Gasteiger charge is -2.24. The van der Waals surface area contributed by atoms with Crippen LogP contribution >= 0.6 is 7.75 Å². The quantitative estimate of drug-likeness (QED) is 0.139. The molecule has 3 aromatic heterocycles. The van der Waals surface area contributed by atoms with Gasteiger partial charge in [0.05, 0.1) is 32.9 Å². The molecule has 5 rings (SSSR count). The minimum Gasteiger partial charge on any atom is -0.468 e. The lowest BCUT2D eigenvalue weighted by Crippen LogP contribution is -2.37. The van der Waals surface area contributed by atoms with Crippen LogP contribution in [0.5, 0.6) is 5.75 Å². The second kappa shape index (κ2) is 12.3. The number of aromatic nitrogens is 4. The summed E-state index contributed by atoms with van der Waals surface area (Å²) in [4.78, 5) is 24.8. The number of imidazole rings is 1. The van der Waals surface area contributed by atoms with E-state index in [1.165, 1.54) is 31.3 Å². The minimum absolute atomic E-state index is 0.215. The van der Waals surface area contributed by atoms with Crippen LogP contribution in [-0.2, 0) is 29.9 Å². The average molecular weight is 589 g/mol. The molecule has 0 aliphatic carbocycles. The summed E-state index contributed by atoms with van der Waals surface area (Å²) < 4.78 is 42.2. The molecule has 16 heteroatoms. The number of para-hydroxylation sites is 1. The molecule has 0 spiro atoms. The number of rotatable bonds is 12. The Morgan fingerprint density at radius 2 is 1.95 bits per heavy atom. The van der Waals surface area contributed by atoms with E-state index in [0.29, 0.717) is 29.3 Å². The third-order valence-corrected chi connectivity index (χ3v) is 7.91. The molecule has 4 N–H and O–H groups in total. The molecule has 1 aliphatic rings. The van der Waals surface area contributed by atoms with Crippen molar-refractivity contribution < 1.29 is 42.5 Å². The molecular weight excluding hydrogens is 559 g/mol. The third kappa shape index (κ3) is 6.40. The SMILES string of the molecule is COC(=O)[C@H](C)NP(=O)(OC[C@H]1O[C@@H](n2cnc3c(NCc4ccco4)ncnc32)[C@H](O)[C@@H]1O)Oc1ccccc1. The Labute approximate surface area is 234 Å². The van der Waals surface area contributed by atoms with E-state index < -0.39 is 50.9 Å². The fourth-order valence-corrected chi connectivity index (χ4v) is 5.70. The number of hydrogen-bond donors (Lipinski definition) is 4. The van der Waals surface area contributed by atoms with Crippen LogP contribution in [0.15, 0.2) is 65.8 Å². The van der Waals surface area contributed by atoms with Gasteiger partial charge in [-0.05, 0) is 31.2 Å². The van der Waals surface area contributed by atoms with Crippen molar-refractivity contribution in [2.75, 3.05) is 19.0 Å². The summed E-state index contributed by atoms with van der Waals surface area (Å²) in [6, 6.07) is 10.7. The predicted molar refractivity (Wildman–Crippen MR) is 143 cm³/mol. The van der Waals surface area contributed by atoms with Gasteiger partial charge in [-0.25, -0.2) is 19.5 Å². The smallest absolute Gasteiger partial charge is 0.459 e. The van der Waals surface area contributed by atoms with Crippen molar-refractivity contribution in [3.63, 3.8) is 0 Å². The van der Waals surface area contributed by atoms with Crippen LogP contribution in [0, 0.1) is 0 Å². The van der Waals surface area contributed by atoms with Gasteiger partial charge in [0.15, 0.2) is 23.2 Å². The van der Waals surface area contributed by atoms with Crippen molar-refractivity contribution in [2.45, 2.75) is 44.1 Å². The largest absolute Gasteiger partial charge is 0.468 e. The van der Waals surface area contributed by atoms with Crippen molar-refractivity contribution in [1.82, 2.24) is 24.6 Å². The van der Waals surface area contributed by atoms with E-state index in [9.17, 15) is 19.6 Å². The molecule has 0 saturated carbocycles. The van der Waals surface area contributed by atoms with Gasteiger partial charge in [0.25, 0.3) is 0 Å². The Bertz CT molecular complexity index is 1500. The Hall–Kier alpha value is -3.85. The van der Waals surface area contributed by atoms with Gasteiger partial charge in [-0.1, -0.05) is 18.2 Å². The molecule has 1 fully saturated rings. The number of anilines is 1. The molecule has 0 bridgehead atoms. The fraction of sp³-hybridized carbons (Fsp3) is 0.360. The van der Waals surface area contributed by atoms with Crippen LogP contribution < -0.4 is 14.9 Å². The zero-order valence-corrected chi connectivity index (χ0v) is 23.0. The first-order valence-electron chi connectivity index (χ1n) is 12.6. The number of aliphatic hydroxyl groups excluding tert-OH is 2. The van der Waals surface area contributed by atoms with E-state index in [2.05, 4.69) is 25.4 Å². The average Bonchev–Trinajstić information content (AvgIpc) is 3.71. The van der Waals surface area contributed by atoms with Crippen LogP contribution in [0.3, 0.4) is 0 Å². The van der Waals surface area contributed by atoms with Gasteiger partial charge < -0.3 is 33.9 Å². The summed E-state index contributed by atoms with van der Waals surface area (Å²) in [7, 11) is -3.00. The first-order valence-corrected chi connectivity index (χ1v) is 14.1. The summed E-state index contributed by atoms with van der Waals surface area (Å²) in [5, 5.41) is 27.3. The van der Waals surface area contributed by atoms with Gasteiger partial charge in [0, 0.05) is 0 Å². The number of carbonyl (C=O) groups is 1. The highest BCUT2D eigenvalue weighted by atomic mass is 31.2. The number of hydrogen-bond acceptors (Lipinski definition) is 13. The van der Waals surface area contributed by atoms with Gasteiger partial charge in [-0.2, -0.15) is 5.09 Å². The Morgan fingerprint density at radius 1 is 1.15 bits per heavy atom. The maximum Gasteiger partial charge on any atom is 0.459 e. The summed E-state index contributed by atoms with van der Waals surface area (Å²) in [6.07, 6.45) is -0.778. The van der Waals surface area contributed by atoms with E-state index >= 15 is 0 Å². The standard InChI is InChI=1S/C25H29N6O9P/c1-15(25(34)36-2)30-41(35,40-16-7-4-3-5-8-16)38-12-18-20(32)21(33)24(39-18)31-14-29-19-22(27-13-28-23(19)31)26-11-17-9-6-10-37-17/h3-10,13-15,18,20-21,24,32-33H,11-12H2,1-2H3,(H,30,35)(H,26,27,28)/t15-,18+,20+,21+,24+,41?/m0/s1. The van der Waals surface area contributed by atoms with Crippen LogP contribution in [0.2, 0.25) is 0 Å². The molecule has 1 aromatic carbocycles. The molecule has 1 aliphatic heterocycles. The number of esters is 1. The Morgan fingerprint density at radius 3 is 2.68 bits per heavy atom. The van der Waals surface area contributed by atoms with Gasteiger partial charge in [-0.15, -0.1) is 0 Å². The maximum absolute atomic E-state index is 13.6. The number of methoxy groups -OCH3 is 1. The first-order chi connectivity index (χ1) is 19.8. The number of ether oxygens (including phenoxy) is 2. The van der Waals surface area contributed by atoms with E-state index in [4.69, 9.17) is 22.9 Å². The van der Waals surface area contributed by atoms with E-state index in [-0.39, 0.29) is 5.75 Å². The summed E-state index contributed by atoms with van der Waals surface area (Å²) >= 11 is 0. The Balaban J connectivity index is 1.30. The molecule has 4 aromatic rings. The molecule has 0 radical (unpaired) electrons. The lowest BCUT2D eigenvalue weighted by molar-refractivity contribution is -0.142. The number of benzene rings is 1. The van der Waals surface area contributed by atoms with Crippen molar-refractivity contribution >= 4 is 30.7 Å². The van der Waals surface area contributed by atoms with Crippen LogP contribution in [-0.4, -0.2) is 73.8 Å². The number of furan rings is 1. The highest BCUT2D eigenvalue weighted by Gasteiger charge is 2.46. The number of nitrogens with one attached hydrogen (secondary N) is 2. The Kier molecular flexibility index (Phi) is 8.63. The summed E-state index contributed by atoms with van der Waals surface area (Å²) in [6.45, 7) is 1.33. The minimum atomic E-state index is -4.20. The lowest BCUT2D eigenvalue weighted by atomic mass is 10.1. The van der Waals surface area contributed by atoms with Gasteiger partial charge in [0.1, 0.15) is 42.2 Å². The second-order valence-corrected chi connectivity index (χ2v) is 10.8. The second-order valence-electron chi connectivity index (χ2n) is 9.10. The molecule has 41 heavy (non-hydrogen) atoms. The predicted octanol–water partition coefficient (Wildman–Crippen LogP) is 2.01. The number of carbonyl (C=O) groups excluding carboxylic acids is 1. The first kappa shape index (κ1) is 28.7. The van der Waals surface area contributed by atoms with Crippen molar-refractivity contribution in [3.05, 3.63) is 67.1 Å². The summed E-state index contributed by atoms with van der Waals surface area (Å²) in [5.74, 6) is 0.654. The van der Waals surface area contributed by atoms with E-state index in [1.807, 2.05) is 6.07 Å². The monoisotopic (exact) mass is 588 g/mol. The van der Waals surface area contributed by atoms with Crippen LogP contribution in [0.1, 0.15) is 18.9 Å². The van der Waals surface area contributed by atoms with Crippen LogP contribution in [0.25, 0.3) is 11.2 Å². The number of nitrogens with zero attached hydrogens (tertiary/aromatic N) is 4. The zero-order valence-electron chi connectivity index (χ0n) is 22.1. The normalized spacial score (nSPS) is 22.7. The van der Waals surface area contributed by atoms with Gasteiger partial charge in [0.2, 0.25) is 0 Å². The van der Waals surface area contributed by atoms with Gasteiger partial charge >= 0.3 is 13.7 Å². The maximum atomic E-state index is 13.6. The molecule has 0 amide bonds. The van der Waals surface area contributed by atoms with Crippen molar-refractivity contribution in [1.29, 1.82) is 0 Å².